The molecule has 0 heterocycles. The van der Waals surface area contributed by atoms with E-state index in [2.05, 4.69) is 45.4 Å². The molecule has 22 heavy (non-hydrogen) atoms. The molecule has 1 nitrogen and oxygen atoms in total. The number of allylic oxidation sites excluding steroid dienone is 3. The maximum atomic E-state index is 4.24. The molecule has 0 aromatic rings. The average molecular weight is 308 g/mol. The SMILES string of the molecule is C=C.C=C1CCCC/C1=C(/C)CCCN(CC)CCC.CC. The van der Waals surface area contributed by atoms with Crippen molar-refractivity contribution in [2.45, 2.75) is 79.6 Å². The predicted molar refractivity (Wildman–Crippen MR) is 105 cm³/mol. The van der Waals surface area contributed by atoms with E-state index in [0.717, 1.165) is 0 Å². The molecule has 1 saturated carbocycles. The molecule has 0 N–H and O–H groups in total. The highest BCUT2D eigenvalue weighted by Crippen LogP contribution is 2.31. The number of rotatable bonds is 7. The normalized spacial score (nSPS) is 16.4. The van der Waals surface area contributed by atoms with Crippen LogP contribution in [0, 0.1) is 0 Å². The molecule has 0 bridgehead atoms. The second kappa shape index (κ2) is 16.5. The summed E-state index contributed by atoms with van der Waals surface area (Å²) >= 11 is 0. The second-order valence-corrected chi connectivity index (χ2v) is 5.61. The van der Waals surface area contributed by atoms with Crippen molar-refractivity contribution in [3.63, 3.8) is 0 Å². The number of nitrogens with zero attached hydrogens (tertiary/aromatic N) is 1. The summed E-state index contributed by atoms with van der Waals surface area (Å²) in [5, 5.41) is 0. The maximum absolute atomic E-state index is 4.24. The molecular formula is C21H41N. The molecule has 0 aromatic heterocycles. The zero-order valence-corrected chi connectivity index (χ0v) is 16.1. The molecule has 0 radical (unpaired) electrons. The van der Waals surface area contributed by atoms with Gasteiger partial charge in [-0.3, -0.25) is 0 Å². The minimum Gasteiger partial charge on any atom is -0.304 e. The molecule has 1 heteroatoms. The largest absolute Gasteiger partial charge is 0.304 e. The molecule has 130 valence electrons. The van der Waals surface area contributed by atoms with Crippen molar-refractivity contribution in [3.05, 3.63) is 36.5 Å². The van der Waals surface area contributed by atoms with E-state index < -0.39 is 0 Å². The Morgan fingerprint density at radius 1 is 1.05 bits per heavy atom. The van der Waals surface area contributed by atoms with Gasteiger partial charge < -0.3 is 4.90 Å². The molecule has 1 aliphatic rings. The molecule has 1 rings (SSSR count). The Labute approximate surface area is 141 Å². The summed E-state index contributed by atoms with van der Waals surface area (Å²) in [4.78, 5) is 2.56. The summed E-state index contributed by atoms with van der Waals surface area (Å²) in [5.74, 6) is 0. The van der Waals surface area contributed by atoms with E-state index in [0.29, 0.717) is 0 Å². The molecule has 0 aromatic carbocycles. The first-order chi connectivity index (χ1) is 10.7. The standard InChI is InChI=1S/C17H31N.C2H6.C2H4/c1-5-13-18(6-2)14-9-11-16(4)17-12-8-7-10-15(17)3;2*1-2/h3,5-14H2,1-2,4H3;1-2H3;1-2H2/b17-16+;;. The molecule has 1 fully saturated rings. The van der Waals surface area contributed by atoms with Gasteiger partial charge in [-0.05, 0) is 77.1 Å². The van der Waals surface area contributed by atoms with Crippen molar-refractivity contribution in [2.24, 2.45) is 0 Å². The molecule has 0 aliphatic heterocycles. The van der Waals surface area contributed by atoms with E-state index in [4.69, 9.17) is 0 Å². The van der Waals surface area contributed by atoms with E-state index in [1.165, 1.54) is 70.2 Å². The van der Waals surface area contributed by atoms with Crippen molar-refractivity contribution >= 4 is 0 Å². The quantitative estimate of drug-likeness (QED) is 0.469. The van der Waals surface area contributed by atoms with E-state index in [1.54, 1.807) is 11.1 Å². The Morgan fingerprint density at radius 3 is 2.14 bits per heavy atom. The van der Waals surface area contributed by atoms with Gasteiger partial charge in [0.25, 0.3) is 0 Å². The minimum absolute atomic E-state index is 1.19. The first-order valence-corrected chi connectivity index (χ1v) is 9.28. The van der Waals surface area contributed by atoms with Crippen LogP contribution in [0.5, 0.6) is 0 Å². The molecular weight excluding hydrogens is 266 g/mol. The summed E-state index contributed by atoms with van der Waals surface area (Å²) in [6, 6.07) is 0. The van der Waals surface area contributed by atoms with Crippen molar-refractivity contribution in [1.29, 1.82) is 0 Å². The lowest BCUT2D eigenvalue weighted by molar-refractivity contribution is 0.285. The summed E-state index contributed by atoms with van der Waals surface area (Å²) in [5.41, 5.74) is 4.62. The van der Waals surface area contributed by atoms with Crippen molar-refractivity contribution in [2.75, 3.05) is 19.6 Å². The Kier molecular flexibility index (Phi) is 17.6. The van der Waals surface area contributed by atoms with E-state index in [1.807, 2.05) is 13.8 Å². The van der Waals surface area contributed by atoms with Gasteiger partial charge in [0.2, 0.25) is 0 Å². The number of hydrogen-bond acceptors (Lipinski definition) is 1. The van der Waals surface area contributed by atoms with Gasteiger partial charge in [0.15, 0.2) is 0 Å². The van der Waals surface area contributed by atoms with Crippen LogP contribution in [0.3, 0.4) is 0 Å². The Morgan fingerprint density at radius 2 is 1.64 bits per heavy atom. The lowest BCUT2D eigenvalue weighted by Gasteiger charge is -2.22. The third-order valence-electron chi connectivity index (χ3n) is 4.11. The van der Waals surface area contributed by atoms with Crippen LogP contribution in [0.25, 0.3) is 0 Å². The van der Waals surface area contributed by atoms with Gasteiger partial charge in [-0.2, -0.15) is 0 Å². The average Bonchev–Trinajstić information content (AvgIpc) is 2.58. The highest BCUT2D eigenvalue weighted by molar-refractivity contribution is 5.34. The van der Waals surface area contributed by atoms with Gasteiger partial charge in [0.05, 0.1) is 0 Å². The van der Waals surface area contributed by atoms with E-state index in [9.17, 15) is 0 Å². The maximum Gasteiger partial charge on any atom is -0.00158 e. The smallest absolute Gasteiger partial charge is 0.00158 e. The highest BCUT2D eigenvalue weighted by atomic mass is 15.1. The predicted octanol–water partition coefficient (Wildman–Crippen LogP) is 6.77. The topological polar surface area (TPSA) is 3.24 Å². The third-order valence-corrected chi connectivity index (χ3v) is 4.11. The third kappa shape index (κ3) is 10.00. The van der Waals surface area contributed by atoms with E-state index in [-0.39, 0.29) is 0 Å². The molecule has 1 aliphatic carbocycles. The highest BCUT2D eigenvalue weighted by Gasteiger charge is 2.12. The Hall–Kier alpha value is -0.820. The molecule has 0 amide bonds. The molecule has 0 saturated heterocycles. The molecule has 0 spiro atoms. The zero-order valence-electron chi connectivity index (χ0n) is 16.1. The van der Waals surface area contributed by atoms with Crippen molar-refractivity contribution < 1.29 is 0 Å². The first-order valence-electron chi connectivity index (χ1n) is 9.28. The zero-order chi connectivity index (χ0) is 17.4. The van der Waals surface area contributed by atoms with Crippen LogP contribution in [-0.2, 0) is 0 Å². The van der Waals surface area contributed by atoms with Gasteiger partial charge in [-0.15, -0.1) is 13.2 Å². The molecule has 0 unspecified atom stereocenters. The van der Waals surface area contributed by atoms with Gasteiger partial charge in [-0.25, -0.2) is 0 Å². The van der Waals surface area contributed by atoms with Gasteiger partial charge >= 0.3 is 0 Å². The lowest BCUT2D eigenvalue weighted by Crippen LogP contribution is -2.25. The van der Waals surface area contributed by atoms with Crippen LogP contribution in [0.1, 0.15) is 79.6 Å². The van der Waals surface area contributed by atoms with Gasteiger partial charge in [0, 0.05) is 0 Å². The summed E-state index contributed by atoms with van der Waals surface area (Å²) in [6.45, 7) is 24.8. The van der Waals surface area contributed by atoms with E-state index >= 15 is 0 Å². The van der Waals surface area contributed by atoms with Crippen molar-refractivity contribution in [1.82, 2.24) is 4.90 Å². The van der Waals surface area contributed by atoms with Crippen LogP contribution >= 0.6 is 0 Å². The summed E-state index contributed by atoms with van der Waals surface area (Å²) < 4.78 is 0. The van der Waals surface area contributed by atoms with Crippen molar-refractivity contribution in [3.8, 4) is 0 Å². The second-order valence-electron chi connectivity index (χ2n) is 5.61. The fraction of sp³-hybridized carbons (Fsp3) is 0.714. The summed E-state index contributed by atoms with van der Waals surface area (Å²) in [7, 11) is 0. The van der Waals surface area contributed by atoms with Crippen LogP contribution in [0.2, 0.25) is 0 Å². The van der Waals surface area contributed by atoms with Gasteiger partial charge in [-0.1, -0.05) is 45.4 Å². The Bertz CT molecular complexity index is 301. The fourth-order valence-electron chi connectivity index (χ4n) is 2.95. The van der Waals surface area contributed by atoms with Crippen LogP contribution in [0.4, 0.5) is 0 Å². The van der Waals surface area contributed by atoms with Crippen LogP contribution in [0.15, 0.2) is 36.5 Å². The van der Waals surface area contributed by atoms with Gasteiger partial charge in [0.1, 0.15) is 0 Å². The summed E-state index contributed by atoms with van der Waals surface area (Å²) in [6.07, 6.45) is 9.04. The fourth-order valence-corrected chi connectivity index (χ4v) is 2.95. The van der Waals surface area contributed by atoms with Crippen LogP contribution in [-0.4, -0.2) is 24.5 Å². The number of hydrogen-bond donors (Lipinski definition) is 0. The minimum atomic E-state index is 1.19. The van der Waals surface area contributed by atoms with Crippen LogP contribution < -0.4 is 0 Å². The first kappa shape index (κ1) is 23.4. The lowest BCUT2D eigenvalue weighted by atomic mass is 9.86. The Balaban J connectivity index is 0. The molecule has 0 atom stereocenters. The monoisotopic (exact) mass is 307 g/mol.